The minimum Gasteiger partial charge on any atom is -0.370 e. The van der Waals surface area contributed by atoms with Crippen molar-refractivity contribution in [1.82, 2.24) is 9.80 Å². The third kappa shape index (κ3) is 9.53. The number of alkyl halides is 3. The van der Waals surface area contributed by atoms with Gasteiger partial charge in [-0.25, -0.2) is 0 Å². The van der Waals surface area contributed by atoms with Crippen LogP contribution >= 0.6 is 11.8 Å². The summed E-state index contributed by atoms with van der Waals surface area (Å²) in [7, 11) is 0. The second-order valence-corrected chi connectivity index (χ2v) is 11.5. The summed E-state index contributed by atoms with van der Waals surface area (Å²) in [5, 5.41) is 0. The van der Waals surface area contributed by atoms with E-state index in [-0.39, 0.29) is 30.0 Å². The number of carbonyl (C=O) groups excluding carboxylic acids is 1. The Morgan fingerprint density at radius 1 is 0.947 bits per heavy atom. The summed E-state index contributed by atoms with van der Waals surface area (Å²) in [5.74, 6) is 0.593. The normalized spacial score (nSPS) is 19.1. The van der Waals surface area contributed by atoms with Crippen LogP contribution in [0.5, 0.6) is 0 Å². The number of aryl methyl sites for hydroxylation is 1. The summed E-state index contributed by atoms with van der Waals surface area (Å²) in [4.78, 5) is 20.1. The lowest BCUT2D eigenvalue weighted by Crippen LogP contribution is -2.40. The number of anilines is 1. The molecule has 2 heterocycles. The zero-order valence-electron chi connectivity index (χ0n) is 21.7. The molecule has 2 aliphatic heterocycles. The van der Waals surface area contributed by atoms with Crippen molar-refractivity contribution in [3.8, 4) is 0 Å². The molecular formula is C30H42F3N3OS. The maximum Gasteiger partial charge on any atom is 0.446 e. The lowest BCUT2D eigenvalue weighted by molar-refractivity contribution is -0.133. The average Bonchev–Trinajstić information content (AvgIpc) is 3.11. The van der Waals surface area contributed by atoms with Crippen LogP contribution in [-0.2, 0) is 11.2 Å². The molecule has 4 rings (SSSR count). The van der Waals surface area contributed by atoms with E-state index in [1.54, 1.807) is 24.3 Å². The Kier molecular flexibility index (Phi) is 11.4. The van der Waals surface area contributed by atoms with Crippen LogP contribution in [0.25, 0.3) is 0 Å². The fourth-order valence-electron chi connectivity index (χ4n) is 5.44. The Hall–Kier alpha value is -2.19. The number of carbonyl (C=O) groups is 1. The number of nitrogens with zero attached hydrogens (tertiary/aromatic N) is 3. The van der Waals surface area contributed by atoms with Crippen molar-refractivity contribution in [1.29, 1.82) is 0 Å². The zero-order chi connectivity index (χ0) is 26.3. The molecule has 210 valence electrons. The number of likely N-dealkylation sites (tertiary alicyclic amines) is 1. The quantitative estimate of drug-likeness (QED) is 0.331. The molecule has 0 radical (unpaired) electrons. The van der Waals surface area contributed by atoms with Gasteiger partial charge in [0.15, 0.2) is 0 Å². The number of rotatable bonds is 8. The predicted octanol–water partition coefficient (Wildman–Crippen LogP) is 7.02. The fourth-order valence-corrected chi connectivity index (χ4v) is 5.98. The van der Waals surface area contributed by atoms with Gasteiger partial charge in [0, 0.05) is 49.7 Å². The molecule has 8 heteroatoms. The molecule has 2 fully saturated rings. The maximum absolute atomic E-state index is 12.9. The average molecular weight is 550 g/mol. The Labute approximate surface area is 230 Å². The standard InChI is InChI=1S/C29H38F3N3OS.CH4/c1-23-7-11-26(12-8-23)34-18-4-16-33(19-20-34)15-3-6-28(36)35-17-2-5-25(22-35)21-24-9-13-27(14-10-24)37-29(30,31)32;/h7-14,25H,2-6,15-22H2,1H3;1H4/t25-;/m1./s1. The number of hydrogen-bond donors (Lipinski definition) is 0. The van der Waals surface area contributed by atoms with Crippen molar-refractivity contribution in [3.63, 3.8) is 0 Å². The summed E-state index contributed by atoms with van der Waals surface area (Å²) in [5.41, 5.74) is -0.659. The topological polar surface area (TPSA) is 26.8 Å². The van der Waals surface area contributed by atoms with Crippen LogP contribution < -0.4 is 4.90 Å². The van der Waals surface area contributed by atoms with Crippen LogP contribution in [0, 0.1) is 12.8 Å². The zero-order valence-corrected chi connectivity index (χ0v) is 22.5. The highest BCUT2D eigenvalue weighted by atomic mass is 32.2. The lowest BCUT2D eigenvalue weighted by Gasteiger charge is -2.33. The van der Waals surface area contributed by atoms with Crippen LogP contribution in [0.4, 0.5) is 18.9 Å². The molecule has 4 nitrogen and oxygen atoms in total. The summed E-state index contributed by atoms with van der Waals surface area (Å²) in [6.07, 6.45) is 5.42. The molecule has 0 unspecified atom stereocenters. The van der Waals surface area contributed by atoms with E-state index in [9.17, 15) is 18.0 Å². The largest absolute Gasteiger partial charge is 0.446 e. The van der Waals surface area contributed by atoms with E-state index in [0.29, 0.717) is 12.3 Å². The van der Waals surface area contributed by atoms with E-state index in [1.807, 2.05) is 4.90 Å². The third-order valence-electron chi connectivity index (χ3n) is 7.41. The SMILES string of the molecule is C.Cc1ccc(N2CCCN(CCCC(=O)N3CCC[C@H](Cc4ccc(SC(F)(F)F)cc4)C3)CC2)cc1. The molecule has 2 saturated heterocycles. The summed E-state index contributed by atoms with van der Waals surface area (Å²) in [6, 6.07) is 15.4. The number of piperidine rings is 1. The van der Waals surface area contributed by atoms with Crippen molar-refractivity contribution in [2.45, 2.75) is 63.3 Å². The molecule has 2 aliphatic rings. The Morgan fingerprint density at radius 2 is 1.68 bits per heavy atom. The van der Waals surface area contributed by atoms with Gasteiger partial charge in [0.2, 0.25) is 5.91 Å². The van der Waals surface area contributed by atoms with Gasteiger partial charge in [-0.3, -0.25) is 4.79 Å². The molecule has 0 aromatic heterocycles. The number of thioether (sulfide) groups is 1. The fraction of sp³-hybridized carbons (Fsp3) is 0.567. The van der Waals surface area contributed by atoms with Gasteiger partial charge in [0.05, 0.1) is 0 Å². The van der Waals surface area contributed by atoms with E-state index < -0.39 is 5.51 Å². The molecule has 1 atom stereocenters. The molecule has 0 saturated carbocycles. The first kappa shape index (κ1) is 30.4. The first-order chi connectivity index (χ1) is 17.7. The van der Waals surface area contributed by atoms with Gasteiger partial charge in [-0.2, -0.15) is 13.2 Å². The summed E-state index contributed by atoms with van der Waals surface area (Å²) < 4.78 is 37.7. The van der Waals surface area contributed by atoms with Gasteiger partial charge in [-0.15, -0.1) is 0 Å². The first-order valence-electron chi connectivity index (χ1n) is 13.4. The van der Waals surface area contributed by atoms with Crippen LogP contribution in [0.2, 0.25) is 0 Å². The van der Waals surface area contributed by atoms with Crippen molar-refractivity contribution >= 4 is 23.4 Å². The minimum atomic E-state index is -4.26. The second kappa shape index (κ2) is 14.3. The van der Waals surface area contributed by atoms with Gasteiger partial charge in [0.25, 0.3) is 0 Å². The second-order valence-electron chi connectivity index (χ2n) is 10.4. The number of amides is 1. The highest BCUT2D eigenvalue weighted by molar-refractivity contribution is 8.00. The van der Waals surface area contributed by atoms with Crippen LogP contribution in [-0.4, -0.2) is 67.0 Å². The van der Waals surface area contributed by atoms with Crippen molar-refractivity contribution in [2.24, 2.45) is 5.92 Å². The van der Waals surface area contributed by atoms with Crippen molar-refractivity contribution < 1.29 is 18.0 Å². The van der Waals surface area contributed by atoms with Gasteiger partial charge < -0.3 is 14.7 Å². The molecule has 1 amide bonds. The summed E-state index contributed by atoms with van der Waals surface area (Å²) >= 11 is -0.0806. The Bertz CT molecular complexity index is 997. The molecule has 0 N–H and O–H groups in total. The van der Waals surface area contributed by atoms with Gasteiger partial charge in [-0.05, 0) is 99.6 Å². The number of benzene rings is 2. The van der Waals surface area contributed by atoms with Crippen LogP contribution in [0.15, 0.2) is 53.4 Å². The highest BCUT2D eigenvalue weighted by Crippen LogP contribution is 2.37. The molecule has 38 heavy (non-hydrogen) atoms. The third-order valence-corrected chi connectivity index (χ3v) is 8.14. The van der Waals surface area contributed by atoms with E-state index in [1.165, 1.54) is 11.3 Å². The number of hydrogen-bond acceptors (Lipinski definition) is 4. The molecule has 2 aromatic carbocycles. The molecule has 2 aromatic rings. The van der Waals surface area contributed by atoms with E-state index >= 15 is 0 Å². The predicted molar refractivity (Wildman–Crippen MR) is 152 cm³/mol. The van der Waals surface area contributed by atoms with Gasteiger partial charge in [0.1, 0.15) is 0 Å². The minimum absolute atomic E-state index is 0. The summed E-state index contributed by atoms with van der Waals surface area (Å²) in [6.45, 7) is 8.79. The van der Waals surface area contributed by atoms with Crippen LogP contribution in [0.3, 0.4) is 0 Å². The number of halogens is 3. The first-order valence-corrected chi connectivity index (χ1v) is 14.2. The van der Waals surface area contributed by atoms with Crippen molar-refractivity contribution in [3.05, 3.63) is 59.7 Å². The smallest absolute Gasteiger partial charge is 0.370 e. The van der Waals surface area contributed by atoms with E-state index in [2.05, 4.69) is 41.0 Å². The highest BCUT2D eigenvalue weighted by Gasteiger charge is 2.29. The van der Waals surface area contributed by atoms with E-state index in [0.717, 1.165) is 83.5 Å². The molecular weight excluding hydrogens is 507 g/mol. The van der Waals surface area contributed by atoms with Crippen LogP contribution in [0.1, 0.15) is 50.7 Å². The molecule has 0 bridgehead atoms. The monoisotopic (exact) mass is 549 g/mol. The van der Waals surface area contributed by atoms with Gasteiger partial charge in [-0.1, -0.05) is 37.3 Å². The Morgan fingerprint density at radius 3 is 2.39 bits per heavy atom. The lowest BCUT2D eigenvalue weighted by atomic mass is 9.91. The molecule has 0 aliphatic carbocycles. The van der Waals surface area contributed by atoms with Crippen molar-refractivity contribution in [2.75, 3.05) is 50.7 Å². The molecule has 0 spiro atoms. The Balaban J connectivity index is 0.00000400. The van der Waals surface area contributed by atoms with E-state index in [4.69, 9.17) is 0 Å². The van der Waals surface area contributed by atoms with Gasteiger partial charge >= 0.3 is 5.51 Å². The maximum atomic E-state index is 12.9.